The van der Waals surface area contributed by atoms with Gasteiger partial charge in [-0.3, -0.25) is 4.57 Å². The van der Waals surface area contributed by atoms with Crippen LogP contribution in [0.2, 0.25) is 0 Å². The predicted molar refractivity (Wildman–Crippen MR) is 97.9 cm³/mol. The quantitative estimate of drug-likeness (QED) is 0.554. The van der Waals surface area contributed by atoms with Crippen molar-refractivity contribution in [3.05, 3.63) is 84.4 Å². The second-order valence-electron chi connectivity index (χ2n) is 5.78. The highest BCUT2D eigenvalue weighted by Crippen LogP contribution is 2.21. The topological polar surface area (TPSA) is 65.7 Å². The molecule has 0 atom stereocenters. The summed E-state index contributed by atoms with van der Waals surface area (Å²) in [6.45, 7) is 2.34. The third-order valence-corrected chi connectivity index (χ3v) is 3.90. The van der Waals surface area contributed by atoms with Gasteiger partial charge in [0.25, 0.3) is 0 Å². The molecule has 0 saturated heterocycles. The highest BCUT2D eigenvalue weighted by atomic mass is 16.5. The molecule has 0 aliphatic heterocycles. The molecule has 2 heterocycles. The maximum Gasteiger partial charge on any atom is 0.206 e. The number of hydrogen-bond donors (Lipinski definition) is 0. The van der Waals surface area contributed by atoms with Gasteiger partial charge in [-0.25, -0.2) is 9.97 Å². The van der Waals surface area contributed by atoms with E-state index in [4.69, 9.17) is 4.74 Å². The standard InChI is InChI=1S/C20H17N5O/c1-15-8-10-16(11-9-15)25-18(14-26-17-6-3-2-4-7-17)23-24-20(25)19-21-12-5-13-22-19/h2-13H,14H2,1H3. The smallest absolute Gasteiger partial charge is 0.206 e. The summed E-state index contributed by atoms with van der Waals surface area (Å²) in [6.07, 6.45) is 3.38. The molecule has 0 N–H and O–H groups in total. The first-order valence-corrected chi connectivity index (χ1v) is 8.28. The van der Waals surface area contributed by atoms with Crippen LogP contribution in [0.25, 0.3) is 17.3 Å². The summed E-state index contributed by atoms with van der Waals surface area (Å²) in [6, 6.07) is 19.6. The normalized spacial score (nSPS) is 10.7. The average Bonchev–Trinajstić information content (AvgIpc) is 3.12. The highest BCUT2D eigenvalue weighted by Gasteiger charge is 2.17. The van der Waals surface area contributed by atoms with E-state index >= 15 is 0 Å². The number of nitrogens with zero attached hydrogens (tertiary/aromatic N) is 5. The summed E-state index contributed by atoms with van der Waals surface area (Å²) in [5.74, 6) is 2.57. The molecule has 0 bridgehead atoms. The summed E-state index contributed by atoms with van der Waals surface area (Å²) in [5, 5.41) is 8.62. The molecule has 0 aliphatic carbocycles. The molecule has 128 valence electrons. The van der Waals surface area contributed by atoms with Crippen molar-refractivity contribution in [2.75, 3.05) is 0 Å². The fourth-order valence-corrected chi connectivity index (χ4v) is 2.60. The van der Waals surface area contributed by atoms with E-state index < -0.39 is 0 Å². The SMILES string of the molecule is Cc1ccc(-n2c(COc3ccccc3)nnc2-c2ncccn2)cc1. The molecule has 0 unspecified atom stereocenters. The van der Waals surface area contributed by atoms with Gasteiger partial charge in [0.05, 0.1) is 0 Å². The van der Waals surface area contributed by atoms with Crippen LogP contribution in [-0.2, 0) is 6.61 Å². The lowest BCUT2D eigenvalue weighted by molar-refractivity contribution is 0.293. The van der Waals surface area contributed by atoms with Gasteiger partial charge in [0.15, 0.2) is 11.6 Å². The van der Waals surface area contributed by atoms with Gasteiger partial charge in [0.2, 0.25) is 5.82 Å². The molecule has 0 spiro atoms. The molecule has 0 radical (unpaired) electrons. The summed E-state index contributed by atoms with van der Waals surface area (Å²) in [7, 11) is 0. The van der Waals surface area contributed by atoms with Crippen molar-refractivity contribution in [3.63, 3.8) is 0 Å². The van der Waals surface area contributed by atoms with Crippen LogP contribution in [-0.4, -0.2) is 24.7 Å². The average molecular weight is 343 g/mol. The first-order chi connectivity index (χ1) is 12.8. The molecule has 26 heavy (non-hydrogen) atoms. The van der Waals surface area contributed by atoms with Crippen molar-refractivity contribution < 1.29 is 4.74 Å². The molecule has 4 rings (SSSR count). The van der Waals surface area contributed by atoms with Crippen LogP contribution in [0, 0.1) is 6.92 Å². The van der Waals surface area contributed by atoms with Gasteiger partial charge in [-0.15, -0.1) is 10.2 Å². The Labute approximate surface area is 151 Å². The maximum atomic E-state index is 5.86. The minimum Gasteiger partial charge on any atom is -0.486 e. The van der Waals surface area contributed by atoms with Gasteiger partial charge < -0.3 is 4.74 Å². The number of hydrogen-bond acceptors (Lipinski definition) is 5. The lowest BCUT2D eigenvalue weighted by Crippen LogP contribution is -2.07. The van der Waals surface area contributed by atoms with Crippen LogP contribution >= 0.6 is 0 Å². The Balaban J connectivity index is 1.74. The van der Waals surface area contributed by atoms with E-state index in [0.29, 0.717) is 17.5 Å². The monoisotopic (exact) mass is 343 g/mol. The van der Waals surface area contributed by atoms with E-state index in [1.165, 1.54) is 5.56 Å². The van der Waals surface area contributed by atoms with Crippen molar-refractivity contribution in [3.8, 4) is 23.1 Å². The van der Waals surface area contributed by atoms with E-state index in [0.717, 1.165) is 11.4 Å². The van der Waals surface area contributed by atoms with Crippen LogP contribution in [0.3, 0.4) is 0 Å². The third-order valence-electron chi connectivity index (χ3n) is 3.90. The Morgan fingerprint density at radius 2 is 1.58 bits per heavy atom. The molecular weight excluding hydrogens is 326 g/mol. The van der Waals surface area contributed by atoms with Crippen molar-refractivity contribution >= 4 is 0 Å². The lowest BCUT2D eigenvalue weighted by atomic mass is 10.2. The first kappa shape index (κ1) is 16.0. The Morgan fingerprint density at radius 3 is 2.31 bits per heavy atom. The fraction of sp³-hybridized carbons (Fsp3) is 0.100. The third kappa shape index (κ3) is 3.30. The first-order valence-electron chi connectivity index (χ1n) is 8.28. The van der Waals surface area contributed by atoms with Crippen LogP contribution in [0.15, 0.2) is 73.1 Å². The van der Waals surface area contributed by atoms with Crippen molar-refractivity contribution in [2.45, 2.75) is 13.5 Å². The number of ether oxygens (including phenoxy) is 1. The van der Waals surface area contributed by atoms with Gasteiger partial charge in [-0.2, -0.15) is 0 Å². The zero-order valence-electron chi connectivity index (χ0n) is 14.3. The van der Waals surface area contributed by atoms with Gasteiger partial charge in [0, 0.05) is 18.1 Å². The molecule has 2 aromatic carbocycles. The Morgan fingerprint density at radius 1 is 0.846 bits per heavy atom. The minimum absolute atomic E-state index is 0.289. The van der Waals surface area contributed by atoms with Crippen LogP contribution < -0.4 is 4.74 Å². The minimum atomic E-state index is 0.289. The van der Waals surface area contributed by atoms with Gasteiger partial charge in [0.1, 0.15) is 12.4 Å². The Bertz CT molecular complexity index is 982. The molecule has 0 aliphatic rings. The van der Waals surface area contributed by atoms with E-state index in [1.54, 1.807) is 18.5 Å². The Kier molecular flexibility index (Phi) is 4.38. The molecule has 2 aromatic heterocycles. The summed E-state index contributed by atoms with van der Waals surface area (Å²) in [5.41, 5.74) is 2.12. The summed E-state index contributed by atoms with van der Waals surface area (Å²) in [4.78, 5) is 8.62. The van der Waals surface area contributed by atoms with E-state index in [1.807, 2.05) is 59.2 Å². The number of aromatic nitrogens is 5. The molecule has 4 aromatic rings. The zero-order valence-corrected chi connectivity index (χ0v) is 14.3. The van der Waals surface area contributed by atoms with Gasteiger partial charge >= 0.3 is 0 Å². The fourth-order valence-electron chi connectivity index (χ4n) is 2.60. The van der Waals surface area contributed by atoms with Crippen LogP contribution in [0.1, 0.15) is 11.4 Å². The van der Waals surface area contributed by atoms with Crippen molar-refractivity contribution in [1.29, 1.82) is 0 Å². The van der Waals surface area contributed by atoms with E-state index in [9.17, 15) is 0 Å². The second kappa shape index (κ2) is 7.14. The molecule has 6 heteroatoms. The summed E-state index contributed by atoms with van der Waals surface area (Å²) < 4.78 is 7.79. The molecule has 6 nitrogen and oxygen atoms in total. The van der Waals surface area contributed by atoms with E-state index in [-0.39, 0.29) is 6.61 Å². The Hall–Kier alpha value is -3.54. The van der Waals surface area contributed by atoms with Gasteiger partial charge in [-0.05, 0) is 37.3 Å². The lowest BCUT2D eigenvalue weighted by Gasteiger charge is -2.11. The highest BCUT2D eigenvalue weighted by molar-refractivity contribution is 5.50. The second-order valence-corrected chi connectivity index (χ2v) is 5.78. The number of aryl methyl sites for hydroxylation is 1. The maximum absolute atomic E-state index is 5.86. The van der Waals surface area contributed by atoms with Crippen molar-refractivity contribution in [1.82, 2.24) is 24.7 Å². The van der Waals surface area contributed by atoms with Crippen LogP contribution in [0.5, 0.6) is 5.75 Å². The molecule has 0 saturated carbocycles. The molecule has 0 fully saturated rings. The summed E-state index contributed by atoms with van der Waals surface area (Å²) >= 11 is 0. The number of para-hydroxylation sites is 1. The predicted octanol–water partition coefficient (Wildman–Crippen LogP) is 3.61. The van der Waals surface area contributed by atoms with E-state index in [2.05, 4.69) is 27.1 Å². The van der Waals surface area contributed by atoms with Gasteiger partial charge in [-0.1, -0.05) is 35.9 Å². The van der Waals surface area contributed by atoms with Crippen molar-refractivity contribution in [2.24, 2.45) is 0 Å². The number of rotatable bonds is 5. The number of benzene rings is 2. The zero-order chi connectivity index (χ0) is 17.8. The largest absolute Gasteiger partial charge is 0.486 e. The molecular formula is C20H17N5O. The molecule has 0 amide bonds. The van der Waals surface area contributed by atoms with Crippen LogP contribution in [0.4, 0.5) is 0 Å².